The predicted molar refractivity (Wildman–Crippen MR) is 154 cm³/mol. The monoisotopic (exact) mass is 512 g/mol. The maximum atomic E-state index is 12.8. The Hall–Kier alpha value is -2.69. The quantitative estimate of drug-likeness (QED) is 0.113. The van der Waals surface area contributed by atoms with Crippen molar-refractivity contribution in [3.63, 3.8) is 0 Å². The minimum absolute atomic E-state index is 0.133. The molecule has 0 aliphatic heterocycles. The van der Waals surface area contributed by atoms with E-state index in [9.17, 15) is 4.79 Å². The van der Waals surface area contributed by atoms with Crippen molar-refractivity contribution in [2.45, 2.75) is 112 Å². The highest BCUT2D eigenvalue weighted by molar-refractivity contribution is 5.91. The van der Waals surface area contributed by atoms with Gasteiger partial charge in [-0.05, 0) is 72.1 Å². The molecule has 1 aromatic heterocycles. The van der Waals surface area contributed by atoms with E-state index in [1.54, 1.807) is 6.07 Å². The molecule has 0 atom stereocenters. The highest BCUT2D eigenvalue weighted by Crippen LogP contribution is 2.39. The number of unbranched alkanes of at least 4 members (excludes halogenated alkanes) is 7. The molecule has 2 rings (SSSR count). The predicted octanol–water partition coefficient (Wildman–Crippen LogP) is 9.17. The van der Waals surface area contributed by atoms with Crippen molar-refractivity contribution in [2.75, 3.05) is 13.2 Å². The van der Waals surface area contributed by atoms with E-state index < -0.39 is 5.63 Å². The number of hydrogen-bond donors (Lipinski definition) is 0. The van der Waals surface area contributed by atoms with E-state index in [0.717, 1.165) is 25.7 Å². The third-order valence-corrected chi connectivity index (χ3v) is 6.17. The highest BCUT2D eigenvalue weighted by atomic mass is 16.5. The molecule has 2 aromatic rings. The molecule has 0 fully saturated rings. The molecular weight excluding hydrogens is 464 g/mol. The summed E-state index contributed by atoms with van der Waals surface area (Å²) in [6.45, 7) is 13.3. The standard InChI is InChI=1S/C32H48O5/c1-7-8-9-10-11-12-13-14-22-35-31-30(36-25(4)5)29-27(19-16-20-28(29)37-32(31)33)34-23-21-26(6)18-15-17-24(2)3/h16-17,19-21,25H,7-15,18,22-23H2,1-6H3/b26-21+. The maximum absolute atomic E-state index is 12.8. The van der Waals surface area contributed by atoms with Gasteiger partial charge in [0.05, 0.1) is 12.7 Å². The molecule has 0 saturated heterocycles. The fourth-order valence-electron chi connectivity index (χ4n) is 4.14. The summed E-state index contributed by atoms with van der Waals surface area (Å²) in [4.78, 5) is 12.8. The number of ether oxygens (including phenoxy) is 3. The van der Waals surface area contributed by atoms with Gasteiger partial charge >= 0.3 is 5.63 Å². The number of rotatable bonds is 18. The SMILES string of the molecule is CCCCCCCCCCOc1c(OC(C)C)c2c(OC/C=C(\C)CCC=C(C)C)cccc2oc1=O. The van der Waals surface area contributed by atoms with Gasteiger partial charge in [0.2, 0.25) is 5.75 Å². The molecule has 0 saturated carbocycles. The normalized spacial score (nSPS) is 11.7. The first-order valence-corrected chi connectivity index (χ1v) is 14.1. The Kier molecular flexibility index (Phi) is 14.0. The Morgan fingerprint density at radius 1 is 0.919 bits per heavy atom. The molecule has 0 aliphatic carbocycles. The van der Waals surface area contributed by atoms with E-state index >= 15 is 0 Å². The summed E-state index contributed by atoms with van der Waals surface area (Å²) in [5.74, 6) is 1.15. The third-order valence-electron chi connectivity index (χ3n) is 6.17. The molecular formula is C32H48O5. The van der Waals surface area contributed by atoms with Crippen LogP contribution in [0.25, 0.3) is 11.0 Å². The number of fused-ring (bicyclic) bond motifs is 1. The summed E-state index contributed by atoms with van der Waals surface area (Å²) >= 11 is 0. The van der Waals surface area contributed by atoms with Gasteiger partial charge in [-0.15, -0.1) is 0 Å². The molecule has 0 spiro atoms. The zero-order chi connectivity index (χ0) is 27.0. The Bertz CT molecular complexity index is 1060. The first kappa shape index (κ1) is 30.5. The van der Waals surface area contributed by atoms with Crippen LogP contribution in [0, 0.1) is 0 Å². The molecule has 5 nitrogen and oxygen atoms in total. The molecule has 0 N–H and O–H groups in total. The molecule has 0 bridgehead atoms. The lowest BCUT2D eigenvalue weighted by Crippen LogP contribution is -2.14. The van der Waals surface area contributed by atoms with E-state index in [1.807, 2.05) is 26.0 Å². The van der Waals surface area contributed by atoms with Crippen molar-refractivity contribution in [1.29, 1.82) is 0 Å². The minimum Gasteiger partial charge on any atom is -0.489 e. The van der Waals surface area contributed by atoms with Crippen LogP contribution in [0.5, 0.6) is 17.2 Å². The van der Waals surface area contributed by atoms with Crippen LogP contribution in [0.3, 0.4) is 0 Å². The van der Waals surface area contributed by atoms with Gasteiger partial charge in [-0.25, -0.2) is 4.79 Å². The molecule has 0 unspecified atom stereocenters. The van der Waals surface area contributed by atoms with Gasteiger partial charge in [-0.3, -0.25) is 0 Å². The van der Waals surface area contributed by atoms with Gasteiger partial charge in [0, 0.05) is 0 Å². The van der Waals surface area contributed by atoms with Crippen molar-refractivity contribution in [3.05, 3.63) is 51.9 Å². The van der Waals surface area contributed by atoms with Crippen LogP contribution in [0.1, 0.15) is 106 Å². The van der Waals surface area contributed by atoms with E-state index in [1.165, 1.54) is 49.7 Å². The zero-order valence-electron chi connectivity index (χ0n) is 24.0. The highest BCUT2D eigenvalue weighted by Gasteiger charge is 2.22. The van der Waals surface area contributed by atoms with E-state index in [0.29, 0.717) is 35.7 Å². The van der Waals surface area contributed by atoms with Crippen molar-refractivity contribution < 1.29 is 18.6 Å². The smallest absolute Gasteiger partial charge is 0.383 e. The van der Waals surface area contributed by atoms with Crippen LogP contribution in [0.2, 0.25) is 0 Å². The van der Waals surface area contributed by atoms with Crippen molar-refractivity contribution in [3.8, 4) is 17.2 Å². The van der Waals surface area contributed by atoms with E-state index in [4.69, 9.17) is 18.6 Å². The van der Waals surface area contributed by atoms with Crippen LogP contribution in [0.4, 0.5) is 0 Å². The topological polar surface area (TPSA) is 57.9 Å². The summed E-state index contributed by atoms with van der Waals surface area (Å²) in [5, 5.41) is 0.636. The average Bonchev–Trinajstić information content (AvgIpc) is 2.83. The molecule has 206 valence electrons. The summed E-state index contributed by atoms with van der Waals surface area (Å²) in [7, 11) is 0. The van der Waals surface area contributed by atoms with Crippen LogP contribution in [-0.2, 0) is 0 Å². The van der Waals surface area contributed by atoms with Gasteiger partial charge in [0.1, 0.15) is 23.3 Å². The lowest BCUT2D eigenvalue weighted by molar-refractivity contribution is 0.215. The van der Waals surface area contributed by atoms with Gasteiger partial charge in [-0.2, -0.15) is 0 Å². The fraction of sp³-hybridized carbons (Fsp3) is 0.594. The van der Waals surface area contributed by atoms with Crippen LogP contribution >= 0.6 is 0 Å². The number of allylic oxidation sites excluding steroid dienone is 3. The first-order chi connectivity index (χ1) is 17.8. The Balaban J connectivity index is 2.14. The van der Waals surface area contributed by atoms with Gasteiger partial charge < -0.3 is 18.6 Å². The van der Waals surface area contributed by atoms with Crippen LogP contribution in [-0.4, -0.2) is 19.3 Å². The van der Waals surface area contributed by atoms with Gasteiger partial charge in [0.15, 0.2) is 5.75 Å². The first-order valence-electron chi connectivity index (χ1n) is 14.1. The number of benzene rings is 1. The molecule has 0 radical (unpaired) electrons. The van der Waals surface area contributed by atoms with Gasteiger partial charge in [0.25, 0.3) is 0 Å². The van der Waals surface area contributed by atoms with Crippen molar-refractivity contribution in [2.24, 2.45) is 0 Å². The number of hydrogen-bond acceptors (Lipinski definition) is 5. The zero-order valence-corrected chi connectivity index (χ0v) is 24.0. The van der Waals surface area contributed by atoms with Crippen LogP contribution < -0.4 is 19.8 Å². The average molecular weight is 513 g/mol. The second-order valence-corrected chi connectivity index (χ2v) is 10.3. The molecule has 37 heavy (non-hydrogen) atoms. The molecule has 0 amide bonds. The molecule has 0 aliphatic rings. The lowest BCUT2D eigenvalue weighted by Gasteiger charge is -2.18. The van der Waals surface area contributed by atoms with E-state index in [-0.39, 0.29) is 11.9 Å². The van der Waals surface area contributed by atoms with Crippen LogP contribution in [0.15, 0.2) is 50.7 Å². The van der Waals surface area contributed by atoms with Crippen molar-refractivity contribution >= 4 is 11.0 Å². The Labute approximate surface area is 223 Å². The largest absolute Gasteiger partial charge is 0.489 e. The molecule has 1 heterocycles. The summed E-state index contributed by atoms with van der Waals surface area (Å²) < 4.78 is 23.9. The second kappa shape index (κ2) is 16.9. The maximum Gasteiger partial charge on any atom is 0.383 e. The summed E-state index contributed by atoms with van der Waals surface area (Å²) in [6.07, 6.45) is 15.8. The van der Waals surface area contributed by atoms with Gasteiger partial charge in [-0.1, -0.05) is 75.2 Å². The Morgan fingerprint density at radius 2 is 1.62 bits per heavy atom. The lowest BCUT2D eigenvalue weighted by atomic mass is 10.1. The third kappa shape index (κ3) is 11.1. The fourth-order valence-corrected chi connectivity index (χ4v) is 4.14. The molecule has 1 aromatic carbocycles. The van der Waals surface area contributed by atoms with Crippen molar-refractivity contribution in [1.82, 2.24) is 0 Å². The summed E-state index contributed by atoms with van der Waals surface area (Å²) in [6, 6.07) is 5.47. The molecule has 5 heteroatoms. The second-order valence-electron chi connectivity index (χ2n) is 10.3. The minimum atomic E-state index is -0.519. The summed E-state index contributed by atoms with van der Waals surface area (Å²) in [5.41, 5.74) is 2.52. The van der Waals surface area contributed by atoms with E-state index in [2.05, 4.69) is 39.8 Å². The Morgan fingerprint density at radius 3 is 2.30 bits per heavy atom.